The highest BCUT2D eigenvalue weighted by atomic mass is 16.2. The molecule has 0 aliphatic heterocycles. The van der Waals surface area contributed by atoms with E-state index in [1.54, 1.807) is 4.90 Å². The van der Waals surface area contributed by atoms with Gasteiger partial charge >= 0.3 is 0 Å². The second kappa shape index (κ2) is 7.92. The monoisotopic (exact) mass is 364 g/mol. The normalized spacial score (nSPS) is 12.5. The molecule has 1 aromatic heterocycles. The molecule has 3 rings (SSSR count). The number of hydrogen-bond acceptors (Lipinski definition) is 3. The van der Waals surface area contributed by atoms with Gasteiger partial charge < -0.3 is 10.6 Å². The number of fused-ring (bicyclic) bond motifs is 1. The molecule has 1 heterocycles. The fourth-order valence-electron chi connectivity index (χ4n) is 3.23. The highest BCUT2D eigenvalue weighted by molar-refractivity contribution is 5.97. The van der Waals surface area contributed by atoms with Gasteiger partial charge in [0.15, 0.2) is 0 Å². The summed E-state index contributed by atoms with van der Waals surface area (Å²) in [6.07, 6.45) is 0.796. The lowest BCUT2D eigenvalue weighted by molar-refractivity contribution is 0.0789. The fraction of sp³-hybridized carbons (Fsp3) is 0.364. The average molecular weight is 364 g/mol. The number of para-hydroxylation sites is 1. The minimum atomic E-state index is -0.000213. The molecule has 0 aliphatic rings. The smallest absolute Gasteiger partial charge is 0.253 e. The first-order valence-electron chi connectivity index (χ1n) is 9.44. The van der Waals surface area contributed by atoms with Crippen molar-refractivity contribution >= 4 is 16.9 Å². The van der Waals surface area contributed by atoms with Crippen molar-refractivity contribution in [2.75, 3.05) is 13.6 Å². The summed E-state index contributed by atoms with van der Waals surface area (Å²) in [4.78, 5) is 19.2. The molecular weight excluding hydrogens is 336 g/mol. The van der Waals surface area contributed by atoms with E-state index in [1.165, 1.54) is 0 Å². The number of aromatic nitrogens is 2. The summed E-state index contributed by atoms with van der Waals surface area (Å²) in [6, 6.07) is 16.0. The summed E-state index contributed by atoms with van der Waals surface area (Å²) in [5.74, 6) is 1.31. The number of imidazole rings is 1. The Morgan fingerprint density at radius 1 is 1.19 bits per heavy atom. The number of benzene rings is 2. The molecular formula is C22H28N4O. The van der Waals surface area contributed by atoms with E-state index in [2.05, 4.69) is 35.5 Å². The van der Waals surface area contributed by atoms with Crippen molar-refractivity contribution in [3.63, 3.8) is 0 Å². The molecule has 3 aromatic rings. The van der Waals surface area contributed by atoms with Gasteiger partial charge in [0, 0.05) is 30.9 Å². The zero-order chi connectivity index (χ0) is 19.6. The van der Waals surface area contributed by atoms with Crippen molar-refractivity contribution < 1.29 is 4.79 Å². The molecule has 0 saturated carbocycles. The van der Waals surface area contributed by atoms with Crippen LogP contribution in [0.15, 0.2) is 48.5 Å². The summed E-state index contributed by atoms with van der Waals surface area (Å²) in [6.45, 7) is 6.83. The summed E-state index contributed by atoms with van der Waals surface area (Å²) >= 11 is 0. The van der Waals surface area contributed by atoms with Crippen molar-refractivity contribution in [1.29, 1.82) is 0 Å². The SMILES string of the molecule is Cc1nc2cc(C(=O)N(C)CCC(N)C(C)C)ccc2n1-c1ccccc1. The Kier molecular flexibility index (Phi) is 5.61. The maximum absolute atomic E-state index is 12.8. The van der Waals surface area contributed by atoms with Crippen LogP contribution in [-0.4, -0.2) is 40.0 Å². The number of hydrogen-bond donors (Lipinski definition) is 1. The van der Waals surface area contributed by atoms with Crippen molar-refractivity contribution in [2.24, 2.45) is 11.7 Å². The van der Waals surface area contributed by atoms with Crippen LogP contribution in [0.5, 0.6) is 0 Å². The first-order chi connectivity index (χ1) is 12.9. The lowest BCUT2D eigenvalue weighted by atomic mass is 10.0. The Balaban J connectivity index is 1.84. The predicted octanol–water partition coefficient (Wildman–Crippen LogP) is 3.78. The summed E-state index contributed by atoms with van der Waals surface area (Å²) in [5, 5.41) is 0. The molecule has 0 aliphatic carbocycles. The van der Waals surface area contributed by atoms with Gasteiger partial charge in [-0.15, -0.1) is 0 Å². The molecule has 0 fully saturated rings. The molecule has 0 bridgehead atoms. The van der Waals surface area contributed by atoms with Gasteiger partial charge in [0.2, 0.25) is 0 Å². The van der Waals surface area contributed by atoms with E-state index in [0.29, 0.717) is 18.0 Å². The second-order valence-electron chi connectivity index (χ2n) is 7.46. The van der Waals surface area contributed by atoms with Gasteiger partial charge in [-0.05, 0) is 49.6 Å². The third-order valence-electron chi connectivity index (χ3n) is 5.08. The fourth-order valence-corrected chi connectivity index (χ4v) is 3.23. The van der Waals surface area contributed by atoms with Crippen LogP contribution in [0.4, 0.5) is 0 Å². The molecule has 2 aromatic carbocycles. The van der Waals surface area contributed by atoms with Crippen molar-refractivity contribution in [3.8, 4) is 5.69 Å². The van der Waals surface area contributed by atoms with Gasteiger partial charge in [-0.3, -0.25) is 9.36 Å². The van der Waals surface area contributed by atoms with Crippen LogP contribution in [0.25, 0.3) is 16.7 Å². The summed E-state index contributed by atoms with van der Waals surface area (Å²) < 4.78 is 2.11. The summed E-state index contributed by atoms with van der Waals surface area (Å²) in [5.41, 5.74) is 9.65. The Hall–Kier alpha value is -2.66. The molecule has 27 heavy (non-hydrogen) atoms. The van der Waals surface area contributed by atoms with Gasteiger partial charge in [-0.2, -0.15) is 0 Å². The van der Waals surface area contributed by atoms with E-state index in [0.717, 1.165) is 29.0 Å². The van der Waals surface area contributed by atoms with Crippen molar-refractivity contribution in [2.45, 2.75) is 33.2 Å². The average Bonchev–Trinajstić information content (AvgIpc) is 3.00. The van der Waals surface area contributed by atoms with E-state index in [4.69, 9.17) is 5.73 Å². The predicted molar refractivity (Wildman–Crippen MR) is 110 cm³/mol. The topological polar surface area (TPSA) is 64.2 Å². The van der Waals surface area contributed by atoms with Crippen LogP contribution >= 0.6 is 0 Å². The number of carbonyl (C=O) groups is 1. The van der Waals surface area contributed by atoms with Crippen LogP contribution in [0.2, 0.25) is 0 Å². The number of nitrogens with two attached hydrogens (primary N) is 1. The van der Waals surface area contributed by atoms with Gasteiger partial charge in [0.1, 0.15) is 5.82 Å². The van der Waals surface area contributed by atoms with Crippen LogP contribution in [-0.2, 0) is 0 Å². The third-order valence-corrected chi connectivity index (χ3v) is 5.08. The van der Waals surface area contributed by atoms with E-state index < -0.39 is 0 Å². The number of amides is 1. The first-order valence-corrected chi connectivity index (χ1v) is 9.44. The number of aryl methyl sites for hydroxylation is 1. The standard InChI is InChI=1S/C22H28N4O/c1-15(2)19(23)12-13-25(4)22(27)17-10-11-21-20(14-17)24-16(3)26(21)18-8-6-5-7-9-18/h5-11,14-15,19H,12-13,23H2,1-4H3. The Morgan fingerprint density at radius 3 is 2.56 bits per heavy atom. The first kappa shape index (κ1) is 19.1. The number of nitrogens with zero attached hydrogens (tertiary/aromatic N) is 3. The minimum absolute atomic E-state index is 0.000213. The van der Waals surface area contributed by atoms with E-state index >= 15 is 0 Å². The summed E-state index contributed by atoms with van der Waals surface area (Å²) in [7, 11) is 1.83. The van der Waals surface area contributed by atoms with Gasteiger partial charge in [0.25, 0.3) is 5.91 Å². The van der Waals surface area contributed by atoms with E-state index in [-0.39, 0.29) is 11.9 Å². The molecule has 5 nitrogen and oxygen atoms in total. The number of rotatable bonds is 6. The number of carbonyl (C=O) groups excluding carboxylic acids is 1. The van der Waals surface area contributed by atoms with Crippen LogP contribution in [0, 0.1) is 12.8 Å². The maximum atomic E-state index is 12.8. The van der Waals surface area contributed by atoms with E-state index in [9.17, 15) is 4.79 Å². The largest absolute Gasteiger partial charge is 0.342 e. The molecule has 0 radical (unpaired) electrons. The third kappa shape index (κ3) is 4.03. The zero-order valence-electron chi connectivity index (χ0n) is 16.5. The highest BCUT2D eigenvalue weighted by Gasteiger charge is 2.17. The Morgan fingerprint density at radius 2 is 1.89 bits per heavy atom. The van der Waals surface area contributed by atoms with E-state index in [1.807, 2.05) is 50.4 Å². The van der Waals surface area contributed by atoms with Crippen LogP contribution < -0.4 is 5.73 Å². The maximum Gasteiger partial charge on any atom is 0.253 e. The quantitative estimate of drug-likeness (QED) is 0.724. The highest BCUT2D eigenvalue weighted by Crippen LogP contribution is 2.22. The lowest BCUT2D eigenvalue weighted by Crippen LogP contribution is -2.34. The molecule has 0 spiro atoms. The van der Waals surface area contributed by atoms with Gasteiger partial charge in [0.05, 0.1) is 11.0 Å². The van der Waals surface area contributed by atoms with Gasteiger partial charge in [-0.25, -0.2) is 4.98 Å². The molecule has 1 unspecified atom stereocenters. The molecule has 1 amide bonds. The lowest BCUT2D eigenvalue weighted by Gasteiger charge is -2.21. The molecule has 2 N–H and O–H groups in total. The molecule has 5 heteroatoms. The molecule has 1 atom stereocenters. The second-order valence-corrected chi connectivity index (χ2v) is 7.46. The molecule has 0 saturated heterocycles. The van der Waals surface area contributed by atoms with Gasteiger partial charge in [-0.1, -0.05) is 32.0 Å². The van der Waals surface area contributed by atoms with Crippen molar-refractivity contribution in [1.82, 2.24) is 14.5 Å². The van der Waals surface area contributed by atoms with Crippen LogP contribution in [0.1, 0.15) is 36.5 Å². The minimum Gasteiger partial charge on any atom is -0.342 e. The van der Waals surface area contributed by atoms with Crippen molar-refractivity contribution in [3.05, 3.63) is 59.9 Å². The zero-order valence-corrected chi connectivity index (χ0v) is 16.5. The van der Waals surface area contributed by atoms with Crippen LogP contribution in [0.3, 0.4) is 0 Å². The Labute approximate surface area is 160 Å². The Bertz CT molecular complexity index is 930. The molecule has 142 valence electrons.